The van der Waals surface area contributed by atoms with Crippen LogP contribution in [0.15, 0.2) is 167 Å². The molecule has 0 saturated carbocycles. The van der Waals surface area contributed by atoms with Gasteiger partial charge in [-0.3, -0.25) is 0 Å². The molecule has 10 rings (SSSR count). The molecule has 0 nitrogen and oxygen atoms in total. The van der Waals surface area contributed by atoms with E-state index in [1.54, 1.807) is 11.8 Å². The van der Waals surface area contributed by atoms with Gasteiger partial charge in [0.05, 0.1) is 17.8 Å². The molecule has 0 saturated heterocycles. The van der Waals surface area contributed by atoms with Gasteiger partial charge in [-0.15, -0.1) is 0 Å². The molecular formula is C44H26S. The highest BCUT2D eigenvalue weighted by Gasteiger charge is 2.21. The summed E-state index contributed by atoms with van der Waals surface area (Å²) in [6.07, 6.45) is 0. The Kier molecular flexibility index (Phi) is 3.31. The van der Waals surface area contributed by atoms with Gasteiger partial charge >= 0.3 is 0 Å². The Balaban J connectivity index is 1.17. The fourth-order valence-corrected chi connectivity index (χ4v) is 7.75. The van der Waals surface area contributed by atoms with Crippen molar-refractivity contribution >= 4 is 54.9 Å². The normalized spacial score (nSPS) is 16.4. The third kappa shape index (κ3) is 3.75. The van der Waals surface area contributed by atoms with Crippen LogP contribution in [-0.4, -0.2) is 0 Å². The molecule has 1 heteroatoms. The van der Waals surface area contributed by atoms with Gasteiger partial charge in [-0.25, -0.2) is 0 Å². The van der Waals surface area contributed by atoms with Crippen molar-refractivity contribution in [3.05, 3.63) is 157 Å². The SMILES string of the molecule is [2H]c1c([2H])c([2H])c(-c2ccc3c4c(cccc24)-c2cc(-c4cccc(-c5c([2H])c([2H])c6c([2H])c([2H])c7c([2H])c([2H])c([2H])c8c([2H])cc5c6c87)c4)ccc2S3)c([2H])c1[2H]. The molecule has 0 N–H and O–H groups in total. The van der Waals surface area contributed by atoms with E-state index in [0.29, 0.717) is 27.5 Å². The molecule has 1 heterocycles. The zero-order chi connectivity index (χ0) is 40.8. The Bertz CT molecular complexity index is 3330. The number of benzene rings is 9. The van der Waals surface area contributed by atoms with Crippen LogP contribution in [0.5, 0.6) is 0 Å². The Morgan fingerprint density at radius 2 is 1.11 bits per heavy atom. The van der Waals surface area contributed by atoms with Crippen molar-refractivity contribution in [3.8, 4) is 44.5 Å². The minimum Gasteiger partial charge on any atom is -0.0888 e. The average Bonchev–Trinajstić information content (AvgIpc) is 3.22. The molecule has 0 amide bonds. The minimum absolute atomic E-state index is 0.0200. The maximum atomic E-state index is 9.23. The van der Waals surface area contributed by atoms with Gasteiger partial charge in [0, 0.05) is 15.2 Å². The summed E-state index contributed by atoms with van der Waals surface area (Å²) in [5, 5.41) is 2.69. The highest BCUT2D eigenvalue weighted by Crippen LogP contribution is 2.50. The first kappa shape index (κ1) is 15.6. The predicted molar refractivity (Wildman–Crippen MR) is 194 cm³/mol. The number of hydrogen-bond donors (Lipinski definition) is 0. The van der Waals surface area contributed by atoms with Gasteiger partial charge in [0.15, 0.2) is 0 Å². The van der Waals surface area contributed by atoms with Crippen LogP contribution in [0.4, 0.5) is 0 Å². The second-order valence-electron chi connectivity index (χ2n) is 11.1. The molecule has 0 spiro atoms. The Morgan fingerprint density at radius 3 is 2.02 bits per heavy atom. The molecule has 1 aliphatic rings. The van der Waals surface area contributed by atoms with Crippen LogP contribution < -0.4 is 0 Å². The molecule has 9 aromatic carbocycles. The largest absolute Gasteiger partial charge is 0.0888 e. The molecule has 0 unspecified atom stereocenters. The predicted octanol–water partition coefficient (Wildman–Crippen LogP) is 12.9. The smallest absolute Gasteiger partial charge is 0.0630 e. The summed E-state index contributed by atoms with van der Waals surface area (Å²) >= 11 is 1.59. The van der Waals surface area contributed by atoms with E-state index in [1.165, 1.54) is 6.07 Å². The van der Waals surface area contributed by atoms with E-state index in [0.717, 1.165) is 42.8 Å². The lowest BCUT2D eigenvalue weighted by Crippen LogP contribution is -1.95. The quantitative estimate of drug-likeness (QED) is 0.182. The number of rotatable bonds is 3. The van der Waals surface area contributed by atoms with Crippen molar-refractivity contribution in [3.63, 3.8) is 0 Å². The van der Waals surface area contributed by atoms with Crippen LogP contribution in [0.25, 0.3) is 87.6 Å². The summed E-state index contributed by atoms with van der Waals surface area (Å²) in [5.74, 6) is 0. The number of hydrogen-bond acceptors (Lipinski definition) is 1. The Morgan fingerprint density at radius 1 is 0.378 bits per heavy atom. The van der Waals surface area contributed by atoms with Crippen LogP contribution in [0.2, 0.25) is 0 Å². The van der Waals surface area contributed by atoms with Gasteiger partial charge in [0.1, 0.15) is 0 Å². The molecule has 0 fully saturated rings. The van der Waals surface area contributed by atoms with Crippen LogP contribution in [0.1, 0.15) is 17.8 Å². The molecule has 0 bridgehead atoms. The summed E-state index contributed by atoms with van der Waals surface area (Å²) in [4.78, 5) is 1.99. The highest BCUT2D eigenvalue weighted by molar-refractivity contribution is 7.99. The van der Waals surface area contributed by atoms with Crippen molar-refractivity contribution in [1.29, 1.82) is 0 Å². The molecule has 0 aliphatic carbocycles. The molecular weight excluding hydrogens is 561 g/mol. The van der Waals surface area contributed by atoms with Crippen molar-refractivity contribution in [1.82, 2.24) is 0 Å². The minimum atomic E-state index is -0.444. The molecule has 208 valence electrons. The summed E-state index contributed by atoms with van der Waals surface area (Å²) in [6.45, 7) is 0. The van der Waals surface area contributed by atoms with E-state index in [1.807, 2.05) is 66.7 Å². The van der Waals surface area contributed by atoms with E-state index in [4.69, 9.17) is 16.4 Å². The summed E-state index contributed by atoms with van der Waals surface area (Å²) in [7, 11) is 0. The maximum Gasteiger partial charge on any atom is 0.0630 e. The molecule has 0 aromatic heterocycles. The lowest BCUT2D eigenvalue weighted by atomic mass is 9.88. The van der Waals surface area contributed by atoms with Crippen molar-refractivity contribution in [2.75, 3.05) is 0 Å². The van der Waals surface area contributed by atoms with Crippen LogP contribution in [-0.2, 0) is 0 Å². The first-order valence-corrected chi connectivity index (χ1v) is 15.3. The fourth-order valence-electron chi connectivity index (χ4n) is 6.64. The lowest BCUT2D eigenvalue weighted by Gasteiger charge is -2.22. The third-order valence-electron chi connectivity index (χ3n) is 8.65. The second kappa shape index (κ2) is 9.56. The van der Waals surface area contributed by atoms with Gasteiger partial charge in [-0.1, -0.05) is 145 Å². The Labute approximate surface area is 284 Å². The first-order valence-electron chi connectivity index (χ1n) is 20.9. The zero-order valence-electron chi connectivity index (χ0n) is 36.4. The summed E-state index contributed by atoms with van der Waals surface area (Å²) < 4.78 is 113. The van der Waals surface area contributed by atoms with Gasteiger partial charge in [0.2, 0.25) is 0 Å². The van der Waals surface area contributed by atoms with E-state index in [-0.39, 0.29) is 81.5 Å². The van der Waals surface area contributed by atoms with Crippen LogP contribution >= 0.6 is 11.8 Å². The summed E-state index contributed by atoms with van der Waals surface area (Å²) in [5.41, 5.74) is 5.13. The van der Waals surface area contributed by atoms with Crippen LogP contribution in [0, 0.1) is 0 Å². The van der Waals surface area contributed by atoms with E-state index in [2.05, 4.69) is 6.07 Å². The third-order valence-corrected chi connectivity index (χ3v) is 9.78. The first-order chi connectivity index (χ1) is 27.7. The second-order valence-corrected chi connectivity index (χ2v) is 12.1. The van der Waals surface area contributed by atoms with E-state index in [9.17, 15) is 1.37 Å². The Hall–Kier alpha value is -5.37. The molecule has 0 atom stereocenters. The molecule has 9 aromatic rings. The molecule has 1 aliphatic heterocycles. The van der Waals surface area contributed by atoms with Gasteiger partial charge in [-0.2, -0.15) is 0 Å². The number of fused-ring (bicyclic) bond motifs is 2. The van der Waals surface area contributed by atoms with Crippen molar-refractivity contribution in [2.45, 2.75) is 9.79 Å². The fraction of sp³-hybridized carbons (Fsp3) is 0. The highest BCUT2D eigenvalue weighted by atomic mass is 32.2. The van der Waals surface area contributed by atoms with E-state index >= 15 is 0 Å². The van der Waals surface area contributed by atoms with Gasteiger partial charge < -0.3 is 0 Å². The van der Waals surface area contributed by atoms with Crippen molar-refractivity contribution in [2.24, 2.45) is 0 Å². The molecule has 45 heavy (non-hydrogen) atoms. The summed E-state index contributed by atoms with van der Waals surface area (Å²) in [6, 6.07) is 20.5. The lowest BCUT2D eigenvalue weighted by molar-refractivity contribution is 1.39. The van der Waals surface area contributed by atoms with Gasteiger partial charge in [0.25, 0.3) is 0 Å². The zero-order valence-corrected chi connectivity index (χ0v) is 24.2. The van der Waals surface area contributed by atoms with E-state index < -0.39 is 24.2 Å². The topological polar surface area (TPSA) is 0 Å². The average molecular weight is 600 g/mol. The van der Waals surface area contributed by atoms with Crippen molar-refractivity contribution < 1.29 is 17.8 Å². The van der Waals surface area contributed by atoms with Crippen LogP contribution in [0.3, 0.4) is 0 Å². The van der Waals surface area contributed by atoms with Gasteiger partial charge in [-0.05, 0) is 106 Å². The maximum absolute atomic E-state index is 9.23. The monoisotopic (exact) mass is 599 g/mol. The standard InChI is InChI=1S/C44H26S/c1-2-7-27(8-3-1)34-22-24-41-44-36(34)13-6-14-37(44)39-26-32(19-23-40(39)45-41)31-11-5-12-33(25-31)35-20-17-30-16-15-28-9-4-10-29-18-21-38(35)43(30)42(28)29/h1-26H/i1D,2D,3D,4D,7D,8D,9D,10D,15D,16D,17D,18D,20D. The molecule has 0 radical (unpaired) electrons.